The van der Waals surface area contributed by atoms with Crippen LogP contribution < -0.4 is 14.8 Å². The lowest BCUT2D eigenvalue weighted by Crippen LogP contribution is -2.42. The number of hydrogen-bond acceptors (Lipinski definition) is 4. The number of allylic oxidation sites excluding steroid dienone is 1. The first-order valence-corrected chi connectivity index (χ1v) is 11.1. The van der Waals surface area contributed by atoms with Crippen LogP contribution in [0.3, 0.4) is 0 Å². The zero-order valence-electron chi connectivity index (χ0n) is 20.3. The van der Waals surface area contributed by atoms with Crippen LogP contribution in [0.15, 0.2) is 79.4 Å². The van der Waals surface area contributed by atoms with Gasteiger partial charge in [-0.1, -0.05) is 68.5 Å². The summed E-state index contributed by atoms with van der Waals surface area (Å²) in [6, 6.07) is 22.8. The highest BCUT2D eigenvalue weighted by atomic mass is 16.6. The van der Waals surface area contributed by atoms with Gasteiger partial charge in [0.25, 0.3) is 6.47 Å². The third kappa shape index (κ3) is 5.73. The predicted molar refractivity (Wildman–Crippen MR) is 135 cm³/mol. The third-order valence-electron chi connectivity index (χ3n) is 6.04. The highest BCUT2D eigenvalue weighted by Crippen LogP contribution is 2.33. The minimum Gasteiger partial charge on any atom is -0.429 e. The fourth-order valence-electron chi connectivity index (χ4n) is 3.75. The minimum atomic E-state index is -0.621. The van der Waals surface area contributed by atoms with E-state index in [9.17, 15) is 9.59 Å². The Labute approximate surface area is 201 Å². The summed E-state index contributed by atoms with van der Waals surface area (Å²) >= 11 is 0. The normalized spacial score (nSPS) is 11.4. The van der Waals surface area contributed by atoms with Gasteiger partial charge in [-0.2, -0.15) is 0 Å². The maximum Gasteiger partial charge on any atom is 0.413 e. The number of amides is 1. The Morgan fingerprint density at radius 3 is 1.94 bits per heavy atom. The SMILES string of the molecule is C=C(C)c1cccc(C(C)(C)NC(=O)Oc2ccc(C(C)(C)c3ccc(OC=O)cc3)cc2)c1. The highest BCUT2D eigenvalue weighted by Gasteiger charge is 2.25. The molecule has 5 heteroatoms. The zero-order valence-corrected chi connectivity index (χ0v) is 20.3. The van der Waals surface area contributed by atoms with Crippen LogP contribution in [0.5, 0.6) is 11.5 Å². The molecule has 0 atom stereocenters. The van der Waals surface area contributed by atoms with Crippen molar-refractivity contribution < 1.29 is 19.1 Å². The molecule has 0 radical (unpaired) electrons. The summed E-state index contributed by atoms with van der Waals surface area (Å²) in [6.45, 7) is 14.4. The molecule has 0 aliphatic heterocycles. The molecule has 3 rings (SSSR count). The smallest absolute Gasteiger partial charge is 0.413 e. The van der Waals surface area contributed by atoms with Crippen LogP contribution in [0.1, 0.15) is 56.9 Å². The summed E-state index contributed by atoms with van der Waals surface area (Å²) in [6.07, 6.45) is -0.525. The number of carbonyl (C=O) groups excluding carboxylic acids is 2. The van der Waals surface area contributed by atoms with Crippen LogP contribution in [0.2, 0.25) is 0 Å². The standard InChI is InChI=1S/C29H31NO4/c1-20(2)21-8-7-9-24(18-21)29(5,6)30-27(32)34-26-16-12-23(13-17-26)28(3,4)22-10-14-25(15-11-22)33-19-31/h7-19H,1H2,2-6H3,(H,30,32). The fourth-order valence-corrected chi connectivity index (χ4v) is 3.75. The maximum atomic E-state index is 12.6. The van der Waals surface area contributed by atoms with Gasteiger partial charge >= 0.3 is 6.09 Å². The Kier molecular flexibility index (Phi) is 7.26. The Morgan fingerprint density at radius 1 is 0.853 bits per heavy atom. The summed E-state index contributed by atoms with van der Waals surface area (Å²) in [5, 5.41) is 2.95. The van der Waals surface area contributed by atoms with E-state index in [1.165, 1.54) is 0 Å². The van der Waals surface area contributed by atoms with Gasteiger partial charge in [0.1, 0.15) is 11.5 Å². The van der Waals surface area contributed by atoms with E-state index in [-0.39, 0.29) is 5.41 Å². The molecular formula is C29H31NO4. The van der Waals surface area contributed by atoms with E-state index in [4.69, 9.17) is 9.47 Å². The fraction of sp³-hybridized carbons (Fsp3) is 0.241. The molecule has 1 amide bonds. The lowest BCUT2D eigenvalue weighted by Gasteiger charge is -2.27. The summed E-state index contributed by atoms with van der Waals surface area (Å²) < 4.78 is 10.4. The quantitative estimate of drug-likeness (QED) is 0.387. The van der Waals surface area contributed by atoms with Gasteiger partial charge in [0.05, 0.1) is 5.54 Å². The molecule has 1 N–H and O–H groups in total. The largest absolute Gasteiger partial charge is 0.429 e. The number of rotatable bonds is 8. The van der Waals surface area contributed by atoms with Gasteiger partial charge in [-0.15, -0.1) is 0 Å². The van der Waals surface area contributed by atoms with Crippen LogP contribution in [0, 0.1) is 0 Å². The molecule has 0 bridgehead atoms. The lowest BCUT2D eigenvalue weighted by atomic mass is 9.78. The average Bonchev–Trinajstić information content (AvgIpc) is 2.79. The van der Waals surface area contributed by atoms with Gasteiger partial charge < -0.3 is 14.8 Å². The molecule has 0 heterocycles. The molecule has 0 unspecified atom stereocenters. The van der Waals surface area contributed by atoms with Crippen molar-refractivity contribution in [2.45, 2.75) is 45.6 Å². The van der Waals surface area contributed by atoms with Gasteiger partial charge in [-0.05, 0) is 73.4 Å². The van der Waals surface area contributed by atoms with E-state index >= 15 is 0 Å². The van der Waals surface area contributed by atoms with Crippen molar-refractivity contribution in [1.29, 1.82) is 0 Å². The summed E-state index contributed by atoms with van der Waals surface area (Å²) in [5.41, 5.74) is 4.17. The molecule has 0 aliphatic rings. The monoisotopic (exact) mass is 457 g/mol. The van der Waals surface area contributed by atoms with Crippen molar-refractivity contribution >= 4 is 18.1 Å². The van der Waals surface area contributed by atoms with Gasteiger partial charge in [0.15, 0.2) is 0 Å². The molecular weight excluding hydrogens is 426 g/mol. The molecule has 3 aromatic carbocycles. The van der Waals surface area contributed by atoms with E-state index in [0.717, 1.165) is 27.8 Å². The number of benzene rings is 3. The van der Waals surface area contributed by atoms with Crippen LogP contribution in [-0.4, -0.2) is 12.6 Å². The van der Waals surface area contributed by atoms with Crippen LogP contribution in [0.25, 0.3) is 5.57 Å². The van der Waals surface area contributed by atoms with Crippen molar-refractivity contribution in [1.82, 2.24) is 5.32 Å². The van der Waals surface area contributed by atoms with Gasteiger partial charge in [-0.25, -0.2) is 4.79 Å². The Hall–Kier alpha value is -3.86. The number of nitrogens with one attached hydrogen (secondary N) is 1. The van der Waals surface area contributed by atoms with Crippen molar-refractivity contribution in [3.8, 4) is 11.5 Å². The molecule has 5 nitrogen and oxygen atoms in total. The Balaban J connectivity index is 1.69. The molecule has 0 saturated heterocycles. The highest BCUT2D eigenvalue weighted by molar-refractivity contribution is 5.72. The summed E-state index contributed by atoms with van der Waals surface area (Å²) in [5.74, 6) is 0.955. The molecule has 3 aromatic rings. The Bertz CT molecular complexity index is 1180. The van der Waals surface area contributed by atoms with Crippen molar-refractivity contribution in [3.63, 3.8) is 0 Å². The second-order valence-corrected chi connectivity index (χ2v) is 9.39. The molecule has 0 saturated carbocycles. The van der Waals surface area contributed by atoms with Crippen molar-refractivity contribution in [2.75, 3.05) is 0 Å². The van der Waals surface area contributed by atoms with Crippen LogP contribution in [0.4, 0.5) is 4.79 Å². The van der Waals surface area contributed by atoms with E-state index in [1.54, 1.807) is 24.3 Å². The molecule has 176 valence electrons. The van der Waals surface area contributed by atoms with Gasteiger partial charge in [0.2, 0.25) is 0 Å². The van der Waals surface area contributed by atoms with E-state index in [0.29, 0.717) is 18.0 Å². The van der Waals surface area contributed by atoms with Crippen LogP contribution in [-0.2, 0) is 15.7 Å². The van der Waals surface area contributed by atoms with E-state index in [1.807, 2.05) is 69.3 Å². The Morgan fingerprint density at radius 2 is 1.41 bits per heavy atom. The predicted octanol–water partition coefficient (Wildman–Crippen LogP) is 6.60. The lowest BCUT2D eigenvalue weighted by molar-refractivity contribution is -0.120. The first-order valence-electron chi connectivity index (χ1n) is 11.1. The first-order chi connectivity index (χ1) is 16.0. The molecule has 0 fully saturated rings. The van der Waals surface area contributed by atoms with Crippen LogP contribution >= 0.6 is 0 Å². The van der Waals surface area contributed by atoms with Crippen molar-refractivity contribution in [3.05, 3.63) is 102 Å². The number of ether oxygens (including phenoxy) is 2. The average molecular weight is 458 g/mol. The molecule has 34 heavy (non-hydrogen) atoms. The topological polar surface area (TPSA) is 64.6 Å². The minimum absolute atomic E-state index is 0.295. The van der Waals surface area contributed by atoms with E-state index < -0.39 is 11.6 Å². The number of hydrogen-bond donors (Lipinski definition) is 1. The summed E-state index contributed by atoms with van der Waals surface area (Å²) in [4.78, 5) is 23.1. The second-order valence-electron chi connectivity index (χ2n) is 9.39. The van der Waals surface area contributed by atoms with Gasteiger partial charge in [-0.3, -0.25) is 4.79 Å². The van der Waals surface area contributed by atoms with Gasteiger partial charge in [0, 0.05) is 5.41 Å². The zero-order chi connectivity index (χ0) is 24.9. The second kappa shape index (κ2) is 9.96. The number of carbonyl (C=O) groups is 2. The first kappa shape index (κ1) is 24.8. The van der Waals surface area contributed by atoms with E-state index in [2.05, 4.69) is 25.7 Å². The molecule has 0 aromatic heterocycles. The molecule has 0 spiro atoms. The third-order valence-corrected chi connectivity index (χ3v) is 6.04. The molecule has 0 aliphatic carbocycles. The maximum absolute atomic E-state index is 12.6. The summed E-state index contributed by atoms with van der Waals surface area (Å²) in [7, 11) is 0. The van der Waals surface area contributed by atoms with Crippen molar-refractivity contribution in [2.24, 2.45) is 0 Å².